The minimum Gasteiger partial charge on any atom is -0.486 e. The Labute approximate surface area is 342 Å². The summed E-state index contributed by atoms with van der Waals surface area (Å²) in [5.41, 5.74) is 2.58. The fourth-order valence-corrected chi connectivity index (χ4v) is 8.31. The van der Waals surface area contributed by atoms with Crippen molar-refractivity contribution in [3.05, 3.63) is 112 Å². The van der Waals surface area contributed by atoms with Gasteiger partial charge in [-0.25, -0.2) is 27.6 Å². The second-order valence-corrected chi connectivity index (χ2v) is 17.0. The van der Waals surface area contributed by atoms with Gasteiger partial charge in [-0.2, -0.15) is 4.31 Å². The predicted octanol–water partition coefficient (Wildman–Crippen LogP) is 6.39. The first kappa shape index (κ1) is 41.8. The summed E-state index contributed by atoms with van der Waals surface area (Å²) in [6, 6.07) is 20.1. The lowest BCUT2D eigenvalue weighted by atomic mass is 10.2. The number of nitrogens with zero attached hydrogens (tertiary/aromatic N) is 6. The van der Waals surface area contributed by atoms with E-state index in [1.54, 1.807) is 23.1 Å². The van der Waals surface area contributed by atoms with Crippen LogP contribution in [-0.4, -0.2) is 93.6 Å². The largest absolute Gasteiger partial charge is 0.486 e. The second-order valence-electron chi connectivity index (χ2n) is 12.9. The molecule has 0 spiro atoms. The van der Waals surface area contributed by atoms with Crippen LogP contribution in [-0.2, 0) is 10.0 Å². The van der Waals surface area contributed by atoms with Gasteiger partial charge in [-0.05, 0) is 86.5 Å². The van der Waals surface area contributed by atoms with Gasteiger partial charge in [0.1, 0.15) is 6.61 Å². The van der Waals surface area contributed by atoms with Gasteiger partial charge in [0.15, 0.2) is 39.2 Å². The molecule has 14 nitrogen and oxygen atoms in total. The van der Waals surface area contributed by atoms with Crippen molar-refractivity contribution in [2.75, 3.05) is 43.6 Å². The summed E-state index contributed by atoms with van der Waals surface area (Å²) in [4.78, 5) is 23.3. The number of aromatic carboxylic acids is 1. The first-order valence-electron chi connectivity index (χ1n) is 17.7. The maximum atomic E-state index is 14.9. The Morgan fingerprint density at radius 2 is 1.83 bits per heavy atom. The number of aliphatic hydroxyl groups excluding tert-OH is 2. The molecule has 0 aliphatic rings. The zero-order valence-corrected chi connectivity index (χ0v) is 33.9. The van der Waals surface area contributed by atoms with E-state index in [0.717, 1.165) is 31.4 Å². The van der Waals surface area contributed by atoms with Crippen molar-refractivity contribution in [1.29, 1.82) is 0 Å². The molecule has 0 saturated carbocycles. The molecule has 6 aromatic rings. The number of hydrogen-bond acceptors (Lipinski definition) is 14. The van der Waals surface area contributed by atoms with E-state index in [1.807, 2.05) is 38.1 Å². The van der Waals surface area contributed by atoms with Crippen LogP contribution in [0.3, 0.4) is 0 Å². The number of sulfonamides is 1. The highest BCUT2D eigenvalue weighted by atomic mass is 32.2. The SMILES string of the molecule is Cc1ccc(S(=O)(=O)N(C)CC#Cc2ccc(OC/C=C/c3sc(N(CCC(O)CO)c4cc(C)c(Nc5nc6ccccc6s5)nn4)nc3C(=O)O)c(F)c2)cc1. The fraction of sp³-hybridized carbons (Fsp3) is 0.225. The number of fused-ring (bicyclic) bond motifs is 1. The first-order chi connectivity index (χ1) is 27.8. The van der Waals surface area contributed by atoms with Gasteiger partial charge in [0.05, 0.1) is 39.2 Å². The van der Waals surface area contributed by atoms with Gasteiger partial charge in [0.25, 0.3) is 0 Å². The van der Waals surface area contributed by atoms with Gasteiger partial charge in [0, 0.05) is 19.2 Å². The molecule has 0 radical (unpaired) electrons. The predicted molar refractivity (Wildman–Crippen MR) is 222 cm³/mol. The molecule has 3 heterocycles. The van der Waals surface area contributed by atoms with Crippen LogP contribution in [0.1, 0.15) is 38.5 Å². The van der Waals surface area contributed by atoms with Crippen molar-refractivity contribution >= 4 is 76.9 Å². The van der Waals surface area contributed by atoms with Gasteiger partial charge in [0.2, 0.25) is 10.0 Å². The average Bonchev–Trinajstić information content (AvgIpc) is 3.82. The number of aromatic nitrogens is 4. The fourth-order valence-electron chi connectivity index (χ4n) is 5.35. The molecule has 18 heteroatoms. The van der Waals surface area contributed by atoms with Gasteiger partial charge >= 0.3 is 5.97 Å². The molecule has 0 saturated heterocycles. The van der Waals surface area contributed by atoms with Crippen LogP contribution >= 0.6 is 22.7 Å². The first-order valence-corrected chi connectivity index (χ1v) is 20.8. The number of aliphatic hydroxyl groups is 2. The monoisotopic (exact) mass is 843 g/mol. The van der Waals surface area contributed by atoms with Gasteiger partial charge in [-0.15, -0.1) is 10.2 Å². The molecule has 0 aliphatic carbocycles. The molecule has 0 bridgehead atoms. The van der Waals surface area contributed by atoms with Crippen LogP contribution in [0.5, 0.6) is 5.75 Å². The number of ether oxygens (including phenoxy) is 1. The molecule has 6 rings (SSSR count). The van der Waals surface area contributed by atoms with E-state index in [2.05, 4.69) is 37.3 Å². The van der Waals surface area contributed by atoms with E-state index in [9.17, 15) is 32.9 Å². The Bertz CT molecular complexity index is 2590. The topological polar surface area (TPSA) is 191 Å². The zero-order valence-electron chi connectivity index (χ0n) is 31.5. The van der Waals surface area contributed by atoms with Crippen LogP contribution in [0.2, 0.25) is 0 Å². The number of nitrogens with one attached hydrogen (secondary N) is 1. The van der Waals surface area contributed by atoms with Crippen LogP contribution in [0, 0.1) is 31.5 Å². The lowest BCUT2D eigenvalue weighted by molar-refractivity contribution is 0.0691. The number of rotatable bonds is 16. The summed E-state index contributed by atoms with van der Waals surface area (Å²) in [5, 5.41) is 42.5. The molecular weight excluding hydrogens is 806 g/mol. The Hall–Kier alpha value is -5.81. The smallest absolute Gasteiger partial charge is 0.356 e. The van der Waals surface area contributed by atoms with Gasteiger partial charge < -0.3 is 30.3 Å². The van der Waals surface area contributed by atoms with E-state index in [1.165, 1.54) is 60.9 Å². The third-order valence-corrected chi connectivity index (χ3v) is 12.4. The third kappa shape index (κ3) is 10.2. The van der Waals surface area contributed by atoms with Crippen molar-refractivity contribution in [2.24, 2.45) is 0 Å². The van der Waals surface area contributed by atoms with E-state index < -0.39 is 34.5 Å². The highest BCUT2D eigenvalue weighted by Crippen LogP contribution is 2.34. The number of hydrogen-bond donors (Lipinski definition) is 4. The van der Waals surface area contributed by atoms with E-state index >= 15 is 0 Å². The molecule has 0 aliphatic heterocycles. The quantitative estimate of drug-likeness (QED) is 0.0786. The molecule has 3 aromatic heterocycles. The van der Waals surface area contributed by atoms with Crippen molar-refractivity contribution in [3.63, 3.8) is 0 Å². The number of benzene rings is 3. The van der Waals surface area contributed by atoms with Crippen molar-refractivity contribution in [3.8, 4) is 17.6 Å². The minimum absolute atomic E-state index is 0.0682. The highest BCUT2D eigenvalue weighted by molar-refractivity contribution is 7.89. The van der Waals surface area contributed by atoms with Crippen LogP contribution in [0.4, 0.5) is 26.3 Å². The second kappa shape index (κ2) is 18.6. The molecule has 58 heavy (non-hydrogen) atoms. The molecule has 1 atom stereocenters. The van der Waals surface area contributed by atoms with E-state index in [0.29, 0.717) is 27.9 Å². The Morgan fingerprint density at radius 3 is 2.53 bits per heavy atom. The number of thiazole rings is 2. The number of carbonyl (C=O) groups is 1. The van der Waals surface area contributed by atoms with Crippen molar-refractivity contribution in [2.45, 2.75) is 31.3 Å². The standard InChI is InChI=1S/C40H38FN7O7S3/c1-25-12-15-29(16-13-25)58(53,54)47(3)19-6-8-27-14-17-32(30(41)23-27)55-21-7-11-34-36(38(51)52)43-40(57-34)48(20-18-28(50)24-49)35-22-26(2)37(46-45-35)44-39-42-31-9-4-5-10-33(31)56-39/h4-5,7,9-17,22-23,28,49-50H,18-21,24H2,1-3H3,(H,51,52)(H,42,44,46)/b11-7+. The number of anilines is 4. The molecule has 0 fully saturated rings. The Morgan fingerprint density at radius 1 is 1.05 bits per heavy atom. The summed E-state index contributed by atoms with van der Waals surface area (Å²) in [6.07, 6.45) is 2.11. The summed E-state index contributed by atoms with van der Waals surface area (Å²) in [5.74, 6) is 4.31. The van der Waals surface area contributed by atoms with Crippen LogP contribution in [0.15, 0.2) is 83.8 Å². The summed E-state index contributed by atoms with van der Waals surface area (Å²) in [7, 11) is -2.32. The molecule has 1 unspecified atom stereocenters. The summed E-state index contributed by atoms with van der Waals surface area (Å²) >= 11 is 2.52. The molecule has 4 N–H and O–H groups in total. The summed E-state index contributed by atoms with van der Waals surface area (Å²) in [6.45, 7) is 3.13. The molecule has 300 valence electrons. The normalized spacial score (nSPS) is 12.1. The number of halogens is 1. The number of carboxylic acids is 1. The molecular formula is C40H38FN7O7S3. The van der Waals surface area contributed by atoms with E-state index in [-0.39, 0.29) is 52.5 Å². The number of carboxylic acid groups (broad SMARTS) is 1. The highest BCUT2D eigenvalue weighted by Gasteiger charge is 2.24. The maximum absolute atomic E-state index is 14.9. The van der Waals surface area contributed by atoms with Gasteiger partial charge in [-0.1, -0.05) is 64.3 Å². The summed E-state index contributed by atoms with van der Waals surface area (Å²) < 4.78 is 48.3. The number of aryl methyl sites for hydroxylation is 2. The minimum atomic E-state index is -3.74. The molecule has 0 amide bonds. The van der Waals surface area contributed by atoms with Gasteiger partial charge in [-0.3, -0.25) is 0 Å². The lowest BCUT2D eigenvalue weighted by Gasteiger charge is -2.22. The maximum Gasteiger partial charge on any atom is 0.356 e. The van der Waals surface area contributed by atoms with Crippen LogP contribution < -0.4 is 15.0 Å². The Kier molecular flexibility index (Phi) is 13.4. The Balaban J connectivity index is 1.13. The van der Waals surface area contributed by atoms with Crippen molar-refractivity contribution in [1.82, 2.24) is 24.5 Å². The van der Waals surface area contributed by atoms with E-state index in [4.69, 9.17) is 4.74 Å². The zero-order chi connectivity index (χ0) is 41.4. The van der Waals surface area contributed by atoms with Crippen molar-refractivity contribution < 1.29 is 37.7 Å². The number of para-hydroxylation sites is 1. The van der Waals surface area contributed by atoms with Crippen LogP contribution in [0.25, 0.3) is 16.3 Å². The lowest BCUT2D eigenvalue weighted by Crippen LogP contribution is -2.27. The molecule has 3 aromatic carbocycles. The third-order valence-electron chi connectivity index (χ3n) is 8.54. The average molecular weight is 844 g/mol.